The van der Waals surface area contributed by atoms with Gasteiger partial charge in [0.1, 0.15) is 23.1 Å². The highest BCUT2D eigenvalue weighted by atomic mass is 19.1. The van der Waals surface area contributed by atoms with Gasteiger partial charge in [-0.25, -0.2) is 13.2 Å². The fraction of sp³-hybridized carbons (Fsp3) is 0.391. The van der Waals surface area contributed by atoms with E-state index in [0.29, 0.717) is 45.1 Å². The first-order valence-corrected chi connectivity index (χ1v) is 10.7. The summed E-state index contributed by atoms with van der Waals surface area (Å²) in [7, 11) is 0. The molecule has 172 valence electrons. The molecule has 1 saturated heterocycles. The number of carbonyl (C=O) groups is 1. The van der Waals surface area contributed by atoms with Crippen molar-refractivity contribution in [1.29, 1.82) is 0 Å². The minimum Gasteiger partial charge on any atom is -0.365 e. The van der Waals surface area contributed by atoms with Gasteiger partial charge in [0.2, 0.25) is 5.91 Å². The number of nitrogens with zero attached hydrogens (tertiary/aromatic N) is 2. The molecule has 2 aromatic carbocycles. The summed E-state index contributed by atoms with van der Waals surface area (Å²) in [4.78, 5) is 18.2. The first-order chi connectivity index (χ1) is 15.5. The average molecular weight is 448 g/mol. The van der Waals surface area contributed by atoms with E-state index in [9.17, 15) is 18.0 Å². The summed E-state index contributed by atoms with van der Waals surface area (Å²) in [6, 6.07) is 9.67. The molecule has 6 nitrogen and oxygen atoms in total. The zero-order valence-electron chi connectivity index (χ0n) is 18.0. The van der Waals surface area contributed by atoms with Crippen LogP contribution in [0.25, 0.3) is 0 Å². The molecule has 0 aromatic heterocycles. The Labute approximate surface area is 185 Å². The molecule has 2 aromatic rings. The second kappa shape index (κ2) is 11.4. The third-order valence-electron chi connectivity index (χ3n) is 5.11. The van der Waals surface area contributed by atoms with Crippen LogP contribution >= 0.6 is 0 Å². The molecule has 9 heteroatoms. The maximum absolute atomic E-state index is 14.0. The zero-order chi connectivity index (χ0) is 22.9. The van der Waals surface area contributed by atoms with E-state index in [2.05, 4.69) is 20.9 Å². The number of anilines is 1. The van der Waals surface area contributed by atoms with Gasteiger partial charge in [0, 0.05) is 32.2 Å². The van der Waals surface area contributed by atoms with E-state index in [1.165, 1.54) is 30.3 Å². The van der Waals surface area contributed by atoms with Crippen molar-refractivity contribution in [2.45, 2.75) is 25.8 Å². The maximum Gasteiger partial charge on any atom is 0.224 e. The van der Waals surface area contributed by atoms with Crippen LogP contribution in [0.1, 0.15) is 18.9 Å². The standard InChI is InChI=1S/C23H28F3N5O/c1-2-27-23(29-12-11-28-21(32)14-16-6-8-17(24)9-7-16)30-18-10-13-31(15-18)22-19(25)4-3-5-20(22)26/h3-9,18H,2,10-15H2,1H3,(H,28,32)(H2,27,29,30). The van der Waals surface area contributed by atoms with Gasteiger partial charge in [-0.1, -0.05) is 18.2 Å². The second-order valence-electron chi connectivity index (χ2n) is 7.56. The summed E-state index contributed by atoms with van der Waals surface area (Å²) < 4.78 is 41.0. The quantitative estimate of drug-likeness (QED) is 0.331. The number of rotatable bonds is 8. The highest BCUT2D eigenvalue weighted by molar-refractivity contribution is 5.80. The Kier molecular flexibility index (Phi) is 8.35. The van der Waals surface area contributed by atoms with Crippen molar-refractivity contribution in [3.05, 3.63) is 65.5 Å². The van der Waals surface area contributed by atoms with Crippen molar-refractivity contribution < 1.29 is 18.0 Å². The van der Waals surface area contributed by atoms with Crippen LogP contribution in [0.5, 0.6) is 0 Å². The lowest BCUT2D eigenvalue weighted by atomic mass is 10.1. The molecule has 0 radical (unpaired) electrons. The van der Waals surface area contributed by atoms with Gasteiger partial charge in [-0.15, -0.1) is 0 Å². The minimum absolute atomic E-state index is 0.00241. The summed E-state index contributed by atoms with van der Waals surface area (Å²) in [5.41, 5.74) is 0.738. The van der Waals surface area contributed by atoms with E-state index < -0.39 is 11.6 Å². The van der Waals surface area contributed by atoms with Gasteiger partial charge in [0.15, 0.2) is 5.96 Å². The van der Waals surface area contributed by atoms with Crippen LogP contribution in [0.3, 0.4) is 0 Å². The molecule has 1 aliphatic rings. The van der Waals surface area contributed by atoms with Crippen LogP contribution in [0.2, 0.25) is 0 Å². The molecule has 0 spiro atoms. The highest BCUT2D eigenvalue weighted by Gasteiger charge is 2.27. The minimum atomic E-state index is -0.567. The number of nitrogens with one attached hydrogen (secondary N) is 3. The van der Waals surface area contributed by atoms with Crippen LogP contribution in [-0.4, -0.2) is 50.6 Å². The monoisotopic (exact) mass is 447 g/mol. The van der Waals surface area contributed by atoms with Crippen LogP contribution in [0.4, 0.5) is 18.9 Å². The third kappa shape index (κ3) is 6.63. The summed E-state index contributed by atoms with van der Waals surface area (Å²) in [5, 5.41) is 9.23. The summed E-state index contributed by atoms with van der Waals surface area (Å²) in [6.45, 7) is 4.31. The number of para-hydroxylation sites is 1. The smallest absolute Gasteiger partial charge is 0.224 e. The number of hydrogen-bond acceptors (Lipinski definition) is 3. The summed E-state index contributed by atoms with van der Waals surface area (Å²) in [5.74, 6) is -1.05. The van der Waals surface area contributed by atoms with Crippen LogP contribution in [0.15, 0.2) is 47.5 Å². The predicted octanol–water partition coefficient (Wildman–Crippen LogP) is 2.60. The average Bonchev–Trinajstić information content (AvgIpc) is 3.21. The Morgan fingerprint density at radius 3 is 2.50 bits per heavy atom. The lowest BCUT2D eigenvalue weighted by Crippen LogP contribution is -2.45. The first-order valence-electron chi connectivity index (χ1n) is 10.7. The molecule has 1 aliphatic heterocycles. The molecule has 3 rings (SSSR count). The number of aliphatic imine (C=N–C) groups is 1. The Balaban J connectivity index is 1.46. The van der Waals surface area contributed by atoms with Gasteiger partial charge < -0.3 is 20.9 Å². The molecule has 1 amide bonds. The Bertz CT molecular complexity index is 915. The predicted molar refractivity (Wildman–Crippen MR) is 119 cm³/mol. The van der Waals surface area contributed by atoms with E-state index in [4.69, 9.17) is 0 Å². The molecular weight excluding hydrogens is 419 g/mol. The molecular formula is C23H28F3N5O. The van der Waals surface area contributed by atoms with Gasteiger partial charge in [-0.2, -0.15) is 0 Å². The zero-order valence-corrected chi connectivity index (χ0v) is 18.0. The summed E-state index contributed by atoms with van der Waals surface area (Å²) in [6.07, 6.45) is 0.888. The summed E-state index contributed by atoms with van der Waals surface area (Å²) >= 11 is 0. The molecule has 1 unspecified atom stereocenters. The van der Waals surface area contributed by atoms with Crippen LogP contribution in [-0.2, 0) is 11.2 Å². The molecule has 1 atom stereocenters. The number of amides is 1. The van der Waals surface area contributed by atoms with E-state index in [0.717, 1.165) is 5.56 Å². The van der Waals surface area contributed by atoms with E-state index in [-0.39, 0.29) is 29.9 Å². The van der Waals surface area contributed by atoms with Gasteiger partial charge in [-0.3, -0.25) is 9.79 Å². The Morgan fingerprint density at radius 1 is 1.09 bits per heavy atom. The third-order valence-corrected chi connectivity index (χ3v) is 5.11. The highest BCUT2D eigenvalue weighted by Crippen LogP contribution is 2.26. The topological polar surface area (TPSA) is 68.8 Å². The fourth-order valence-electron chi connectivity index (χ4n) is 3.60. The first kappa shape index (κ1) is 23.4. The molecule has 0 bridgehead atoms. The van der Waals surface area contributed by atoms with Gasteiger partial charge in [0.05, 0.1) is 13.0 Å². The van der Waals surface area contributed by atoms with E-state index >= 15 is 0 Å². The number of carbonyl (C=O) groups excluding carboxylic acids is 1. The number of halogens is 3. The normalized spacial score (nSPS) is 16.2. The van der Waals surface area contributed by atoms with E-state index in [1.807, 2.05) is 6.92 Å². The molecule has 0 saturated carbocycles. The van der Waals surface area contributed by atoms with Crippen molar-refractivity contribution in [2.24, 2.45) is 4.99 Å². The van der Waals surface area contributed by atoms with Crippen molar-refractivity contribution in [1.82, 2.24) is 16.0 Å². The van der Waals surface area contributed by atoms with Gasteiger partial charge >= 0.3 is 0 Å². The molecule has 1 fully saturated rings. The lowest BCUT2D eigenvalue weighted by Gasteiger charge is -2.21. The SMILES string of the molecule is CCNC(=NCCNC(=O)Cc1ccc(F)cc1)NC1CCN(c2c(F)cccc2F)C1. The van der Waals surface area contributed by atoms with Gasteiger partial charge in [0.25, 0.3) is 0 Å². The van der Waals surface area contributed by atoms with Crippen molar-refractivity contribution in [2.75, 3.05) is 37.6 Å². The number of hydrogen-bond donors (Lipinski definition) is 3. The fourth-order valence-corrected chi connectivity index (χ4v) is 3.60. The van der Waals surface area contributed by atoms with Gasteiger partial charge in [-0.05, 0) is 43.2 Å². The van der Waals surface area contributed by atoms with E-state index in [1.54, 1.807) is 17.0 Å². The lowest BCUT2D eigenvalue weighted by molar-refractivity contribution is -0.120. The van der Waals surface area contributed by atoms with Crippen molar-refractivity contribution in [3.8, 4) is 0 Å². The second-order valence-corrected chi connectivity index (χ2v) is 7.56. The number of guanidine groups is 1. The molecule has 3 N–H and O–H groups in total. The maximum atomic E-state index is 14.0. The number of benzene rings is 2. The van der Waals surface area contributed by atoms with Crippen LogP contribution in [0, 0.1) is 17.5 Å². The molecule has 0 aliphatic carbocycles. The molecule has 32 heavy (non-hydrogen) atoms. The van der Waals surface area contributed by atoms with Crippen LogP contribution < -0.4 is 20.9 Å². The Morgan fingerprint density at radius 2 is 1.81 bits per heavy atom. The largest absolute Gasteiger partial charge is 0.365 e. The Hall–Kier alpha value is -3.23. The van der Waals surface area contributed by atoms with Crippen molar-refractivity contribution >= 4 is 17.6 Å². The van der Waals surface area contributed by atoms with Crippen molar-refractivity contribution in [3.63, 3.8) is 0 Å². The molecule has 1 heterocycles.